The number of carbonyl (C=O) groups excluding carboxylic acids is 1. The van der Waals surface area contributed by atoms with E-state index in [9.17, 15) is 4.79 Å². The lowest BCUT2D eigenvalue weighted by Gasteiger charge is -2.03. The third kappa shape index (κ3) is 0.661. The van der Waals surface area contributed by atoms with Crippen LogP contribution in [0.3, 0.4) is 0 Å². The number of esters is 1. The summed E-state index contributed by atoms with van der Waals surface area (Å²) in [5.41, 5.74) is 0. The van der Waals surface area contributed by atoms with Crippen LogP contribution in [0.15, 0.2) is 12.2 Å². The van der Waals surface area contributed by atoms with Crippen molar-refractivity contribution >= 4 is 5.97 Å². The zero-order valence-electron chi connectivity index (χ0n) is 5.04. The minimum atomic E-state index is -0.0330. The number of hydrogen-bond donors (Lipinski definition) is 0. The van der Waals surface area contributed by atoms with Gasteiger partial charge in [-0.25, -0.2) is 0 Å². The van der Waals surface area contributed by atoms with Gasteiger partial charge in [0.25, 0.3) is 0 Å². The first kappa shape index (κ1) is 5.03. The third-order valence-corrected chi connectivity index (χ3v) is 1.91. The molecular weight excluding hydrogens is 116 g/mol. The summed E-state index contributed by atoms with van der Waals surface area (Å²) in [6, 6.07) is 0. The Hall–Kier alpha value is -0.790. The minimum Gasteiger partial charge on any atom is -0.461 e. The largest absolute Gasteiger partial charge is 0.461 e. The van der Waals surface area contributed by atoms with Crippen molar-refractivity contribution in [1.29, 1.82) is 0 Å². The predicted octanol–water partition coefficient (Wildman–Crippen LogP) is 0.878. The van der Waals surface area contributed by atoms with Gasteiger partial charge in [-0.15, -0.1) is 0 Å². The third-order valence-electron chi connectivity index (χ3n) is 1.91. The summed E-state index contributed by atoms with van der Waals surface area (Å²) in [7, 11) is 0. The summed E-state index contributed by atoms with van der Waals surface area (Å²) in [5.74, 6) is 0.367. The van der Waals surface area contributed by atoms with Gasteiger partial charge < -0.3 is 4.74 Å². The summed E-state index contributed by atoms with van der Waals surface area (Å²) in [6.45, 7) is 0. The second-order valence-electron chi connectivity index (χ2n) is 2.56. The average molecular weight is 124 g/mol. The van der Waals surface area contributed by atoms with Crippen molar-refractivity contribution in [3.63, 3.8) is 0 Å². The van der Waals surface area contributed by atoms with Gasteiger partial charge in [0, 0.05) is 12.3 Å². The molecule has 2 heteroatoms. The molecule has 1 aliphatic carbocycles. The molecule has 0 amide bonds. The fraction of sp³-hybridized carbons (Fsp3) is 0.571. The van der Waals surface area contributed by atoms with Crippen LogP contribution in [-0.4, -0.2) is 12.1 Å². The van der Waals surface area contributed by atoms with Crippen molar-refractivity contribution in [2.75, 3.05) is 0 Å². The van der Waals surface area contributed by atoms with Crippen LogP contribution in [0.25, 0.3) is 0 Å². The van der Waals surface area contributed by atoms with E-state index in [0.29, 0.717) is 12.3 Å². The van der Waals surface area contributed by atoms with E-state index in [4.69, 9.17) is 4.74 Å². The van der Waals surface area contributed by atoms with Crippen molar-refractivity contribution in [2.24, 2.45) is 5.92 Å². The number of fused-ring (bicyclic) bond motifs is 1. The molecule has 2 nitrogen and oxygen atoms in total. The van der Waals surface area contributed by atoms with E-state index in [-0.39, 0.29) is 12.1 Å². The zero-order valence-corrected chi connectivity index (χ0v) is 5.04. The highest BCUT2D eigenvalue weighted by Gasteiger charge is 2.34. The smallest absolute Gasteiger partial charge is 0.306 e. The van der Waals surface area contributed by atoms with Crippen LogP contribution >= 0.6 is 0 Å². The van der Waals surface area contributed by atoms with Gasteiger partial charge in [-0.2, -0.15) is 0 Å². The molecule has 1 saturated heterocycles. The van der Waals surface area contributed by atoms with Gasteiger partial charge in [0.15, 0.2) is 0 Å². The zero-order chi connectivity index (χ0) is 6.27. The summed E-state index contributed by atoms with van der Waals surface area (Å²) in [4.78, 5) is 10.6. The van der Waals surface area contributed by atoms with Gasteiger partial charge in [0.1, 0.15) is 6.10 Å². The molecule has 0 aromatic carbocycles. The van der Waals surface area contributed by atoms with Gasteiger partial charge in [-0.05, 0) is 0 Å². The Bertz CT molecular complexity index is 172. The van der Waals surface area contributed by atoms with Crippen LogP contribution in [0.4, 0.5) is 0 Å². The maximum atomic E-state index is 10.6. The standard InChI is InChI=1S/C7H8O2/c8-7-4-5-2-1-3-6(5)9-7/h1-2,5-6H,3-4H2/t5-,6?/m1/s1. The van der Waals surface area contributed by atoms with Crippen LogP contribution in [0.5, 0.6) is 0 Å². The second kappa shape index (κ2) is 1.59. The first-order valence-corrected chi connectivity index (χ1v) is 3.22. The molecule has 9 heavy (non-hydrogen) atoms. The van der Waals surface area contributed by atoms with Crippen molar-refractivity contribution in [3.8, 4) is 0 Å². The molecule has 2 aliphatic rings. The van der Waals surface area contributed by atoms with Crippen molar-refractivity contribution in [3.05, 3.63) is 12.2 Å². The Morgan fingerprint density at radius 3 is 3.33 bits per heavy atom. The molecule has 2 rings (SSSR count). The Labute approximate surface area is 53.5 Å². The van der Waals surface area contributed by atoms with Gasteiger partial charge >= 0.3 is 5.97 Å². The topological polar surface area (TPSA) is 26.3 Å². The van der Waals surface area contributed by atoms with E-state index in [1.54, 1.807) is 0 Å². The molecule has 1 heterocycles. The van der Waals surface area contributed by atoms with E-state index in [1.165, 1.54) is 0 Å². The lowest BCUT2D eigenvalue weighted by atomic mass is 10.1. The molecule has 0 N–H and O–H groups in total. The summed E-state index contributed by atoms with van der Waals surface area (Å²) < 4.78 is 4.98. The molecule has 2 atom stereocenters. The van der Waals surface area contributed by atoms with Gasteiger partial charge in [-0.1, -0.05) is 12.2 Å². The van der Waals surface area contributed by atoms with E-state index in [2.05, 4.69) is 12.2 Å². The summed E-state index contributed by atoms with van der Waals surface area (Å²) in [5, 5.41) is 0. The van der Waals surface area contributed by atoms with Crippen LogP contribution in [0.2, 0.25) is 0 Å². The molecule has 48 valence electrons. The van der Waals surface area contributed by atoms with Crippen LogP contribution < -0.4 is 0 Å². The Morgan fingerprint density at radius 1 is 1.67 bits per heavy atom. The SMILES string of the molecule is O=C1C[C@H]2C=CCC2O1. The average Bonchev–Trinajstić information content (AvgIpc) is 2.22. The second-order valence-corrected chi connectivity index (χ2v) is 2.56. The lowest BCUT2D eigenvalue weighted by molar-refractivity contribution is -0.141. The van der Waals surface area contributed by atoms with Gasteiger partial charge in [0.2, 0.25) is 0 Å². The maximum Gasteiger partial charge on any atom is 0.306 e. The number of ether oxygens (including phenoxy) is 1. The molecule has 1 aliphatic heterocycles. The number of hydrogen-bond acceptors (Lipinski definition) is 2. The fourth-order valence-electron chi connectivity index (χ4n) is 1.43. The monoisotopic (exact) mass is 124 g/mol. The molecule has 1 fully saturated rings. The quantitative estimate of drug-likeness (QED) is 0.354. The van der Waals surface area contributed by atoms with Crippen LogP contribution in [0, 0.1) is 5.92 Å². The molecular formula is C7H8O2. The van der Waals surface area contributed by atoms with Crippen molar-refractivity contribution < 1.29 is 9.53 Å². The highest BCUT2D eigenvalue weighted by atomic mass is 16.5. The number of rotatable bonds is 0. The van der Waals surface area contributed by atoms with E-state index < -0.39 is 0 Å². The molecule has 0 saturated carbocycles. The first-order valence-electron chi connectivity index (χ1n) is 3.22. The Balaban J connectivity index is 2.17. The van der Waals surface area contributed by atoms with Crippen LogP contribution in [0.1, 0.15) is 12.8 Å². The van der Waals surface area contributed by atoms with E-state index >= 15 is 0 Å². The van der Waals surface area contributed by atoms with Crippen LogP contribution in [-0.2, 0) is 9.53 Å². The maximum absolute atomic E-state index is 10.6. The first-order chi connectivity index (χ1) is 4.36. The van der Waals surface area contributed by atoms with Gasteiger partial charge in [0.05, 0.1) is 6.42 Å². The molecule has 0 bridgehead atoms. The molecule has 1 unspecified atom stereocenters. The van der Waals surface area contributed by atoms with E-state index in [1.807, 2.05) is 0 Å². The normalized spacial score (nSPS) is 38.9. The Morgan fingerprint density at radius 2 is 2.56 bits per heavy atom. The predicted molar refractivity (Wildman–Crippen MR) is 31.7 cm³/mol. The number of carbonyl (C=O) groups is 1. The van der Waals surface area contributed by atoms with E-state index in [0.717, 1.165) is 6.42 Å². The fourth-order valence-corrected chi connectivity index (χ4v) is 1.43. The van der Waals surface area contributed by atoms with Crippen molar-refractivity contribution in [1.82, 2.24) is 0 Å². The molecule has 0 aromatic rings. The summed E-state index contributed by atoms with van der Waals surface area (Å²) >= 11 is 0. The highest BCUT2D eigenvalue weighted by Crippen LogP contribution is 2.30. The Kier molecular flexibility index (Phi) is 0.891. The highest BCUT2D eigenvalue weighted by molar-refractivity contribution is 5.72. The molecule has 0 radical (unpaired) electrons. The lowest BCUT2D eigenvalue weighted by Crippen LogP contribution is -2.07. The van der Waals surface area contributed by atoms with Gasteiger partial charge in [-0.3, -0.25) is 4.79 Å². The molecule has 0 aromatic heterocycles. The van der Waals surface area contributed by atoms with Crippen molar-refractivity contribution in [2.45, 2.75) is 18.9 Å². The molecule has 0 spiro atoms. The summed E-state index contributed by atoms with van der Waals surface area (Å²) in [6.07, 6.45) is 5.88. The minimum absolute atomic E-state index is 0.0330.